The Hall–Kier alpha value is -3.64. The van der Waals surface area contributed by atoms with Crippen molar-refractivity contribution < 1.29 is 14.3 Å². The largest absolute Gasteiger partial charge is 0.497 e. The number of methoxy groups -OCH3 is 1. The van der Waals surface area contributed by atoms with Gasteiger partial charge in [-0.15, -0.1) is 0 Å². The Bertz CT molecular complexity index is 1070. The van der Waals surface area contributed by atoms with Crippen molar-refractivity contribution in [2.45, 2.75) is 25.4 Å². The van der Waals surface area contributed by atoms with E-state index in [-0.39, 0.29) is 11.8 Å². The van der Waals surface area contributed by atoms with Gasteiger partial charge in [0.2, 0.25) is 11.8 Å². The van der Waals surface area contributed by atoms with Crippen LogP contribution in [0, 0.1) is 0 Å². The van der Waals surface area contributed by atoms with Gasteiger partial charge in [0.05, 0.1) is 7.11 Å². The molecule has 4 rings (SSSR count). The summed E-state index contributed by atoms with van der Waals surface area (Å²) in [4.78, 5) is 26.9. The van der Waals surface area contributed by atoms with E-state index in [1.54, 1.807) is 13.2 Å². The van der Waals surface area contributed by atoms with Gasteiger partial charge < -0.3 is 15.0 Å². The van der Waals surface area contributed by atoms with Gasteiger partial charge in [-0.3, -0.25) is 14.9 Å². The lowest BCUT2D eigenvalue weighted by atomic mass is 10.1. The van der Waals surface area contributed by atoms with Crippen molar-refractivity contribution in [2.24, 2.45) is 0 Å². The highest BCUT2D eigenvalue weighted by atomic mass is 16.5. The number of carbonyl (C=O) groups excluding carboxylic acids is 2. The number of carbonyl (C=O) groups is 2. The molecule has 164 valence electrons. The van der Waals surface area contributed by atoms with Crippen LogP contribution in [0.2, 0.25) is 0 Å². The van der Waals surface area contributed by atoms with Crippen molar-refractivity contribution in [3.05, 3.63) is 90.0 Å². The van der Waals surface area contributed by atoms with E-state index < -0.39 is 6.04 Å². The van der Waals surface area contributed by atoms with Crippen LogP contribution < -0.4 is 20.3 Å². The molecule has 1 fully saturated rings. The Kier molecular flexibility index (Phi) is 6.82. The second-order valence-corrected chi connectivity index (χ2v) is 7.76. The third-order valence-electron chi connectivity index (χ3n) is 5.56. The quantitative estimate of drug-likeness (QED) is 0.560. The van der Waals surface area contributed by atoms with E-state index in [1.807, 2.05) is 77.7 Å². The molecule has 0 radical (unpaired) electrons. The van der Waals surface area contributed by atoms with E-state index >= 15 is 0 Å². The van der Waals surface area contributed by atoms with Crippen LogP contribution in [0.5, 0.6) is 5.75 Å². The van der Waals surface area contributed by atoms with Crippen molar-refractivity contribution in [1.82, 2.24) is 5.32 Å². The van der Waals surface area contributed by atoms with Crippen LogP contribution in [0.4, 0.5) is 11.4 Å². The van der Waals surface area contributed by atoms with E-state index in [9.17, 15) is 9.59 Å². The molecule has 0 unspecified atom stereocenters. The zero-order valence-electron chi connectivity index (χ0n) is 18.1. The number of anilines is 2. The fraction of sp³-hybridized carbons (Fsp3) is 0.231. The highest BCUT2D eigenvalue weighted by Gasteiger charge is 2.22. The molecular weight excluding hydrogens is 402 g/mol. The molecule has 0 spiro atoms. The van der Waals surface area contributed by atoms with Crippen LogP contribution in [-0.4, -0.2) is 25.5 Å². The molecule has 1 heterocycles. The van der Waals surface area contributed by atoms with Crippen molar-refractivity contribution in [2.75, 3.05) is 23.9 Å². The fourth-order valence-electron chi connectivity index (χ4n) is 3.86. The summed E-state index contributed by atoms with van der Waals surface area (Å²) < 4.78 is 5.25. The SMILES string of the molecule is COc1cccc(NC(=O)[C@@H](NCc2ccc(N3CCCC3=O)cc2)c2ccccc2)c1. The molecule has 1 aliphatic heterocycles. The third-order valence-corrected chi connectivity index (χ3v) is 5.56. The van der Waals surface area contributed by atoms with Crippen molar-refractivity contribution in [3.8, 4) is 5.75 Å². The average molecular weight is 430 g/mol. The lowest BCUT2D eigenvalue weighted by Gasteiger charge is -2.20. The van der Waals surface area contributed by atoms with E-state index in [2.05, 4.69) is 10.6 Å². The van der Waals surface area contributed by atoms with Gasteiger partial charge in [-0.2, -0.15) is 0 Å². The number of rotatable bonds is 8. The first-order chi connectivity index (χ1) is 15.6. The van der Waals surface area contributed by atoms with Crippen LogP contribution in [0.15, 0.2) is 78.9 Å². The van der Waals surface area contributed by atoms with Crippen molar-refractivity contribution >= 4 is 23.2 Å². The summed E-state index contributed by atoms with van der Waals surface area (Å²) in [5, 5.41) is 6.35. The molecule has 0 aromatic heterocycles. The second kappa shape index (κ2) is 10.1. The van der Waals surface area contributed by atoms with Crippen molar-refractivity contribution in [3.63, 3.8) is 0 Å². The van der Waals surface area contributed by atoms with E-state index in [4.69, 9.17) is 4.74 Å². The topological polar surface area (TPSA) is 70.7 Å². The summed E-state index contributed by atoms with van der Waals surface area (Å²) in [6.07, 6.45) is 1.52. The first kappa shape index (κ1) is 21.6. The monoisotopic (exact) mass is 429 g/mol. The summed E-state index contributed by atoms with van der Waals surface area (Å²) in [6, 6.07) is 24.3. The van der Waals surface area contributed by atoms with Gasteiger partial charge in [0.15, 0.2) is 0 Å². The zero-order valence-corrected chi connectivity index (χ0v) is 18.1. The molecule has 3 aromatic rings. The molecule has 1 aliphatic rings. The van der Waals surface area contributed by atoms with Gasteiger partial charge in [-0.25, -0.2) is 0 Å². The molecule has 6 nitrogen and oxygen atoms in total. The molecule has 0 aliphatic carbocycles. The second-order valence-electron chi connectivity index (χ2n) is 7.76. The Balaban J connectivity index is 1.46. The highest BCUT2D eigenvalue weighted by molar-refractivity contribution is 5.96. The molecule has 3 aromatic carbocycles. The molecule has 0 saturated carbocycles. The van der Waals surface area contributed by atoms with E-state index in [0.717, 1.165) is 29.8 Å². The zero-order chi connectivity index (χ0) is 22.3. The third kappa shape index (κ3) is 5.15. The van der Waals surface area contributed by atoms with Gasteiger partial charge in [0.25, 0.3) is 0 Å². The number of nitrogens with zero attached hydrogens (tertiary/aromatic N) is 1. The minimum absolute atomic E-state index is 0.149. The van der Waals surface area contributed by atoms with Gasteiger partial charge in [0.1, 0.15) is 11.8 Å². The van der Waals surface area contributed by atoms with Crippen LogP contribution in [0.3, 0.4) is 0 Å². The lowest BCUT2D eigenvalue weighted by Crippen LogP contribution is -2.32. The number of nitrogens with one attached hydrogen (secondary N) is 2. The standard InChI is InChI=1S/C26H27N3O3/c1-32-23-10-5-9-21(17-23)28-26(31)25(20-7-3-2-4-8-20)27-18-19-12-14-22(15-13-19)29-16-6-11-24(29)30/h2-5,7-10,12-15,17,25,27H,6,11,16,18H2,1H3,(H,28,31)/t25-/m0/s1. The van der Waals surface area contributed by atoms with E-state index in [1.165, 1.54) is 0 Å². The van der Waals surface area contributed by atoms with Gasteiger partial charge in [-0.1, -0.05) is 48.5 Å². The maximum absolute atomic E-state index is 13.1. The molecule has 32 heavy (non-hydrogen) atoms. The maximum Gasteiger partial charge on any atom is 0.246 e. The number of hydrogen-bond acceptors (Lipinski definition) is 4. The van der Waals surface area contributed by atoms with Crippen LogP contribution in [-0.2, 0) is 16.1 Å². The molecule has 6 heteroatoms. The Morgan fingerprint density at radius 3 is 2.50 bits per heavy atom. The first-order valence-electron chi connectivity index (χ1n) is 10.8. The smallest absolute Gasteiger partial charge is 0.246 e. The van der Waals surface area contributed by atoms with Crippen LogP contribution in [0.25, 0.3) is 0 Å². The highest BCUT2D eigenvalue weighted by Crippen LogP contribution is 2.23. The fourth-order valence-corrected chi connectivity index (χ4v) is 3.86. The molecule has 1 saturated heterocycles. The minimum Gasteiger partial charge on any atom is -0.497 e. The predicted octanol–water partition coefficient (Wildman–Crippen LogP) is 4.29. The van der Waals surface area contributed by atoms with Crippen LogP contribution >= 0.6 is 0 Å². The number of amides is 2. The molecule has 2 amide bonds. The number of ether oxygens (including phenoxy) is 1. The first-order valence-corrected chi connectivity index (χ1v) is 10.8. The molecule has 0 bridgehead atoms. The lowest BCUT2D eigenvalue weighted by molar-refractivity contribution is -0.118. The summed E-state index contributed by atoms with van der Waals surface area (Å²) in [7, 11) is 1.60. The van der Waals surface area contributed by atoms with Gasteiger partial charge in [-0.05, 0) is 41.8 Å². The molecular formula is C26H27N3O3. The average Bonchev–Trinajstić information content (AvgIpc) is 3.26. The van der Waals surface area contributed by atoms with Gasteiger partial charge in [0, 0.05) is 37.0 Å². The number of benzene rings is 3. The Morgan fingerprint density at radius 1 is 1.03 bits per heavy atom. The summed E-state index contributed by atoms with van der Waals surface area (Å²) in [5.41, 5.74) is 3.52. The summed E-state index contributed by atoms with van der Waals surface area (Å²) in [6.45, 7) is 1.29. The normalized spacial score (nSPS) is 14.3. The van der Waals surface area contributed by atoms with Gasteiger partial charge >= 0.3 is 0 Å². The Labute approximate surface area is 188 Å². The summed E-state index contributed by atoms with van der Waals surface area (Å²) >= 11 is 0. The number of hydrogen-bond donors (Lipinski definition) is 2. The predicted molar refractivity (Wildman–Crippen MR) is 126 cm³/mol. The molecule has 1 atom stereocenters. The molecule has 2 N–H and O–H groups in total. The van der Waals surface area contributed by atoms with Crippen LogP contribution in [0.1, 0.15) is 30.0 Å². The van der Waals surface area contributed by atoms with E-state index in [0.29, 0.717) is 24.4 Å². The maximum atomic E-state index is 13.1. The minimum atomic E-state index is -0.526. The van der Waals surface area contributed by atoms with Crippen molar-refractivity contribution in [1.29, 1.82) is 0 Å². The Morgan fingerprint density at radius 2 is 1.81 bits per heavy atom. The summed E-state index contributed by atoms with van der Waals surface area (Å²) in [5.74, 6) is 0.710.